The molecule has 5 atom stereocenters. The van der Waals surface area contributed by atoms with Crippen LogP contribution in [0, 0.1) is 23.2 Å². The van der Waals surface area contributed by atoms with E-state index in [0.29, 0.717) is 11.8 Å². The number of aliphatic hydroxyl groups excluding tert-OH is 1. The molecule has 0 aromatic heterocycles. The standard InChI is InChI=1S/C9H12O3/c1-12-8(11)9-3-4-2-5(9)6(9)7(4)10/h4-7,10H,2-3H2,1H3/t4?,5?,6-,7+,9?/m0/s1. The summed E-state index contributed by atoms with van der Waals surface area (Å²) in [4.78, 5) is 11.4. The highest BCUT2D eigenvalue weighted by atomic mass is 16.5. The van der Waals surface area contributed by atoms with Gasteiger partial charge in [0.15, 0.2) is 0 Å². The van der Waals surface area contributed by atoms with E-state index in [1.54, 1.807) is 0 Å². The van der Waals surface area contributed by atoms with Crippen LogP contribution in [0.25, 0.3) is 0 Å². The van der Waals surface area contributed by atoms with E-state index >= 15 is 0 Å². The second-order valence-corrected chi connectivity index (χ2v) is 4.35. The van der Waals surface area contributed by atoms with Crippen LogP contribution in [0.4, 0.5) is 0 Å². The molecule has 3 heteroatoms. The minimum absolute atomic E-state index is 0.0865. The van der Waals surface area contributed by atoms with E-state index in [2.05, 4.69) is 0 Å². The number of hydrogen-bond acceptors (Lipinski definition) is 3. The molecule has 4 rings (SSSR count). The average molecular weight is 168 g/mol. The summed E-state index contributed by atoms with van der Waals surface area (Å²) in [6.07, 6.45) is 1.70. The smallest absolute Gasteiger partial charge is 0.312 e. The third-order valence-corrected chi connectivity index (χ3v) is 4.15. The van der Waals surface area contributed by atoms with Crippen molar-refractivity contribution in [3.8, 4) is 0 Å². The molecule has 1 N–H and O–H groups in total. The fraction of sp³-hybridized carbons (Fsp3) is 0.889. The highest BCUT2D eigenvalue weighted by Gasteiger charge is 2.82. The van der Waals surface area contributed by atoms with E-state index in [1.165, 1.54) is 7.11 Å². The van der Waals surface area contributed by atoms with Crippen molar-refractivity contribution in [1.82, 2.24) is 0 Å². The van der Waals surface area contributed by atoms with Crippen molar-refractivity contribution in [3.63, 3.8) is 0 Å². The molecule has 3 unspecified atom stereocenters. The molecule has 12 heavy (non-hydrogen) atoms. The Bertz CT molecular complexity index is 262. The van der Waals surface area contributed by atoms with Crippen LogP contribution in [0.2, 0.25) is 0 Å². The van der Waals surface area contributed by atoms with Crippen LogP contribution in [-0.2, 0) is 9.53 Å². The van der Waals surface area contributed by atoms with Crippen molar-refractivity contribution in [1.29, 1.82) is 0 Å². The molecule has 0 spiro atoms. The number of ether oxygens (including phenoxy) is 1. The molecule has 0 aliphatic heterocycles. The molecule has 4 fully saturated rings. The summed E-state index contributed by atoms with van der Waals surface area (Å²) in [7, 11) is 1.44. The molecule has 0 radical (unpaired) electrons. The van der Waals surface area contributed by atoms with Crippen LogP contribution in [-0.4, -0.2) is 24.3 Å². The van der Waals surface area contributed by atoms with Crippen molar-refractivity contribution < 1.29 is 14.6 Å². The van der Waals surface area contributed by atoms with Gasteiger partial charge in [-0.25, -0.2) is 0 Å². The Morgan fingerprint density at radius 1 is 1.67 bits per heavy atom. The predicted octanol–water partition coefficient (Wildman–Crippen LogP) is 0.176. The first kappa shape index (κ1) is 6.89. The van der Waals surface area contributed by atoms with Crippen LogP contribution in [0.5, 0.6) is 0 Å². The Hall–Kier alpha value is -0.570. The van der Waals surface area contributed by atoms with Gasteiger partial charge < -0.3 is 9.84 Å². The SMILES string of the molecule is COC(=O)C12CC3CC1[C@H]2[C@@H]3O. The molecule has 4 bridgehead atoms. The lowest BCUT2D eigenvalue weighted by atomic mass is 10.1. The van der Waals surface area contributed by atoms with Gasteiger partial charge in [0, 0.05) is 5.92 Å². The van der Waals surface area contributed by atoms with E-state index in [-0.39, 0.29) is 23.4 Å². The summed E-state index contributed by atoms with van der Waals surface area (Å²) in [5, 5.41) is 9.65. The predicted molar refractivity (Wildman–Crippen MR) is 40.2 cm³/mol. The molecule has 0 saturated heterocycles. The van der Waals surface area contributed by atoms with E-state index in [9.17, 15) is 9.90 Å². The number of hydrogen-bond donors (Lipinski definition) is 1. The van der Waals surface area contributed by atoms with Gasteiger partial charge in [-0.05, 0) is 24.7 Å². The quantitative estimate of drug-likeness (QED) is 0.568. The molecular formula is C9H12O3. The van der Waals surface area contributed by atoms with Crippen LogP contribution in [0.1, 0.15) is 12.8 Å². The Morgan fingerprint density at radius 3 is 2.75 bits per heavy atom. The number of methoxy groups -OCH3 is 1. The summed E-state index contributed by atoms with van der Waals surface area (Å²) >= 11 is 0. The minimum Gasteiger partial charge on any atom is -0.469 e. The van der Waals surface area contributed by atoms with Gasteiger partial charge in [-0.3, -0.25) is 4.79 Å². The zero-order chi connectivity index (χ0) is 8.51. The van der Waals surface area contributed by atoms with Gasteiger partial charge in [0.25, 0.3) is 0 Å². The first-order valence-corrected chi connectivity index (χ1v) is 4.48. The third kappa shape index (κ3) is 0.454. The van der Waals surface area contributed by atoms with Crippen molar-refractivity contribution in [2.75, 3.05) is 7.11 Å². The zero-order valence-electron chi connectivity index (χ0n) is 6.99. The molecule has 4 aliphatic rings. The van der Waals surface area contributed by atoms with Crippen molar-refractivity contribution >= 4 is 5.97 Å². The second-order valence-electron chi connectivity index (χ2n) is 4.35. The Labute approximate surface area is 70.7 Å². The van der Waals surface area contributed by atoms with Crippen LogP contribution >= 0.6 is 0 Å². The zero-order valence-corrected chi connectivity index (χ0v) is 6.99. The maximum Gasteiger partial charge on any atom is 0.312 e. The Balaban J connectivity index is 1.96. The van der Waals surface area contributed by atoms with Crippen molar-refractivity contribution in [2.45, 2.75) is 18.9 Å². The molecule has 0 heterocycles. The minimum atomic E-state index is -0.237. The highest BCUT2D eigenvalue weighted by molar-refractivity contribution is 5.83. The summed E-state index contributed by atoms with van der Waals surface area (Å²) in [5.41, 5.74) is -0.237. The lowest BCUT2D eigenvalue weighted by Crippen LogP contribution is -2.18. The number of carbonyl (C=O) groups is 1. The summed E-state index contributed by atoms with van der Waals surface area (Å²) in [6.45, 7) is 0. The summed E-state index contributed by atoms with van der Waals surface area (Å²) in [5.74, 6) is 0.996. The van der Waals surface area contributed by atoms with E-state index in [0.717, 1.165) is 12.8 Å². The van der Waals surface area contributed by atoms with Gasteiger partial charge in [-0.2, -0.15) is 0 Å². The van der Waals surface area contributed by atoms with E-state index in [4.69, 9.17) is 4.74 Å². The Kier molecular flexibility index (Phi) is 0.971. The monoisotopic (exact) mass is 168 g/mol. The van der Waals surface area contributed by atoms with Gasteiger partial charge in [-0.1, -0.05) is 0 Å². The first-order chi connectivity index (χ1) is 5.71. The fourth-order valence-corrected chi connectivity index (χ4v) is 3.70. The number of esters is 1. The highest BCUT2D eigenvalue weighted by Crippen LogP contribution is 2.79. The normalized spacial score (nSPS) is 58.8. The third-order valence-electron chi connectivity index (χ3n) is 4.15. The molecule has 3 nitrogen and oxygen atoms in total. The molecule has 0 amide bonds. The van der Waals surface area contributed by atoms with E-state index in [1.807, 2.05) is 0 Å². The van der Waals surface area contributed by atoms with Gasteiger partial charge in [-0.15, -0.1) is 0 Å². The van der Waals surface area contributed by atoms with Crippen molar-refractivity contribution in [2.24, 2.45) is 23.2 Å². The van der Waals surface area contributed by atoms with Gasteiger partial charge in [0.2, 0.25) is 0 Å². The van der Waals surface area contributed by atoms with Gasteiger partial charge in [0.1, 0.15) is 0 Å². The van der Waals surface area contributed by atoms with Crippen molar-refractivity contribution in [3.05, 3.63) is 0 Å². The molecule has 0 aromatic rings. The molecule has 4 saturated carbocycles. The number of aliphatic hydroxyl groups is 1. The lowest BCUT2D eigenvalue weighted by Gasteiger charge is -2.06. The van der Waals surface area contributed by atoms with Crippen LogP contribution < -0.4 is 0 Å². The second kappa shape index (κ2) is 1.69. The summed E-state index contributed by atoms with van der Waals surface area (Å²) in [6, 6.07) is 0. The largest absolute Gasteiger partial charge is 0.469 e. The van der Waals surface area contributed by atoms with Gasteiger partial charge in [0.05, 0.1) is 18.6 Å². The number of carbonyl (C=O) groups excluding carboxylic acids is 1. The number of rotatable bonds is 1. The molecule has 66 valence electrons. The average Bonchev–Trinajstić information content (AvgIpc) is 2.44. The first-order valence-electron chi connectivity index (χ1n) is 4.48. The molecule has 4 aliphatic carbocycles. The van der Waals surface area contributed by atoms with Crippen LogP contribution in [0.3, 0.4) is 0 Å². The fourth-order valence-electron chi connectivity index (χ4n) is 3.70. The Morgan fingerprint density at radius 2 is 2.42 bits per heavy atom. The maximum absolute atomic E-state index is 11.4. The molecular weight excluding hydrogens is 156 g/mol. The van der Waals surface area contributed by atoms with Gasteiger partial charge >= 0.3 is 5.97 Å². The van der Waals surface area contributed by atoms with Crippen LogP contribution in [0.15, 0.2) is 0 Å². The lowest BCUT2D eigenvalue weighted by molar-refractivity contribution is -0.147. The topological polar surface area (TPSA) is 46.5 Å². The molecule has 0 aromatic carbocycles. The summed E-state index contributed by atoms with van der Waals surface area (Å²) < 4.78 is 4.77. The maximum atomic E-state index is 11.4. The van der Waals surface area contributed by atoms with E-state index < -0.39 is 0 Å².